The van der Waals surface area contributed by atoms with Crippen molar-refractivity contribution in [1.29, 1.82) is 0 Å². The summed E-state index contributed by atoms with van der Waals surface area (Å²) in [5.41, 5.74) is 2.94. The van der Waals surface area contributed by atoms with Gasteiger partial charge in [0.15, 0.2) is 0 Å². The van der Waals surface area contributed by atoms with Crippen LogP contribution in [0.2, 0.25) is 5.15 Å². The molecule has 0 unspecified atom stereocenters. The number of ether oxygens (including phenoxy) is 1. The van der Waals surface area contributed by atoms with Crippen molar-refractivity contribution in [1.82, 2.24) is 4.98 Å². The van der Waals surface area contributed by atoms with Gasteiger partial charge in [-0.25, -0.2) is 4.98 Å². The fraction of sp³-hybridized carbons (Fsp3) is 0.308. The van der Waals surface area contributed by atoms with E-state index in [1.165, 1.54) is 0 Å². The summed E-state index contributed by atoms with van der Waals surface area (Å²) < 4.78 is 5.09. The van der Waals surface area contributed by atoms with Gasteiger partial charge in [0.1, 0.15) is 5.15 Å². The van der Waals surface area contributed by atoms with Gasteiger partial charge in [-0.05, 0) is 18.1 Å². The fourth-order valence-electron chi connectivity index (χ4n) is 1.79. The number of benzene rings is 1. The molecule has 90 valence electrons. The lowest BCUT2D eigenvalue weighted by Crippen LogP contribution is -1.97. The number of rotatable bonds is 4. The van der Waals surface area contributed by atoms with Gasteiger partial charge < -0.3 is 4.74 Å². The van der Waals surface area contributed by atoms with Crippen LogP contribution in [-0.2, 0) is 17.0 Å². The maximum atomic E-state index is 6.08. The SMILES string of the molecule is COCCc1cccc2cc(CCl)c(Cl)nc12. The van der Waals surface area contributed by atoms with E-state index in [2.05, 4.69) is 4.98 Å². The number of hydrogen-bond donors (Lipinski definition) is 0. The first kappa shape index (κ1) is 12.6. The standard InChI is InChI=1S/C13H13Cl2NO/c1-17-6-5-9-3-2-4-10-7-11(8-14)13(15)16-12(9)10/h2-4,7H,5-6,8H2,1H3. The molecule has 2 aromatic rings. The first-order chi connectivity index (χ1) is 8.26. The summed E-state index contributed by atoms with van der Waals surface area (Å²) in [7, 11) is 1.69. The van der Waals surface area contributed by atoms with Crippen molar-refractivity contribution in [2.75, 3.05) is 13.7 Å². The fourth-order valence-corrected chi connectivity index (χ4v) is 2.27. The number of pyridine rings is 1. The molecule has 17 heavy (non-hydrogen) atoms. The lowest BCUT2D eigenvalue weighted by atomic mass is 10.1. The summed E-state index contributed by atoms with van der Waals surface area (Å²) in [6.07, 6.45) is 0.831. The maximum Gasteiger partial charge on any atom is 0.134 e. The Balaban J connectivity index is 2.52. The highest BCUT2D eigenvalue weighted by Crippen LogP contribution is 2.24. The third-order valence-corrected chi connectivity index (χ3v) is 3.29. The number of fused-ring (bicyclic) bond motifs is 1. The van der Waals surface area contributed by atoms with E-state index in [0.29, 0.717) is 17.6 Å². The quantitative estimate of drug-likeness (QED) is 0.622. The number of para-hydroxylation sites is 1. The van der Waals surface area contributed by atoms with Crippen LogP contribution in [0.15, 0.2) is 24.3 Å². The second kappa shape index (κ2) is 5.67. The minimum atomic E-state index is 0.379. The Morgan fingerprint density at radius 1 is 1.29 bits per heavy atom. The van der Waals surface area contributed by atoms with E-state index in [1.807, 2.05) is 24.3 Å². The van der Waals surface area contributed by atoms with Gasteiger partial charge in [0.2, 0.25) is 0 Å². The van der Waals surface area contributed by atoms with Gasteiger partial charge in [0, 0.05) is 18.1 Å². The first-order valence-electron chi connectivity index (χ1n) is 5.38. The highest BCUT2D eigenvalue weighted by atomic mass is 35.5. The number of hydrogen-bond acceptors (Lipinski definition) is 2. The number of aromatic nitrogens is 1. The molecule has 0 bridgehead atoms. The van der Waals surface area contributed by atoms with Crippen LogP contribution in [0, 0.1) is 0 Å². The van der Waals surface area contributed by atoms with Crippen LogP contribution in [0.4, 0.5) is 0 Å². The van der Waals surface area contributed by atoms with Gasteiger partial charge in [-0.1, -0.05) is 29.8 Å². The van der Waals surface area contributed by atoms with Crippen molar-refractivity contribution in [3.63, 3.8) is 0 Å². The van der Waals surface area contributed by atoms with Crippen LogP contribution in [-0.4, -0.2) is 18.7 Å². The summed E-state index contributed by atoms with van der Waals surface area (Å²) in [5, 5.41) is 1.55. The van der Waals surface area contributed by atoms with E-state index in [0.717, 1.165) is 28.5 Å². The Morgan fingerprint density at radius 2 is 2.12 bits per heavy atom. The molecule has 2 nitrogen and oxygen atoms in total. The molecule has 0 amide bonds. The average molecular weight is 270 g/mol. The van der Waals surface area contributed by atoms with Crippen LogP contribution >= 0.6 is 23.2 Å². The number of halogens is 2. The normalized spacial score (nSPS) is 11.0. The Bertz CT molecular complexity index is 528. The molecule has 2 rings (SSSR count). The second-order valence-corrected chi connectivity index (χ2v) is 4.43. The summed E-state index contributed by atoms with van der Waals surface area (Å²) >= 11 is 11.9. The zero-order chi connectivity index (χ0) is 12.3. The molecule has 0 N–H and O–H groups in total. The molecule has 1 aromatic heterocycles. The molecule has 0 saturated heterocycles. The van der Waals surface area contributed by atoms with Crippen molar-refractivity contribution < 1.29 is 4.74 Å². The van der Waals surface area contributed by atoms with Crippen molar-refractivity contribution in [3.05, 3.63) is 40.5 Å². The average Bonchev–Trinajstić information content (AvgIpc) is 2.35. The third-order valence-electron chi connectivity index (χ3n) is 2.67. The Hall–Kier alpha value is -0.830. The zero-order valence-electron chi connectivity index (χ0n) is 9.54. The predicted octanol–water partition coefficient (Wildman–Crippen LogP) is 3.82. The molecule has 0 saturated carbocycles. The highest BCUT2D eigenvalue weighted by molar-refractivity contribution is 6.31. The Labute approximate surface area is 111 Å². The van der Waals surface area contributed by atoms with Gasteiger partial charge in [-0.3, -0.25) is 0 Å². The molecule has 0 aliphatic carbocycles. The van der Waals surface area contributed by atoms with Gasteiger partial charge >= 0.3 is 0 Å². The topological polar surface area (TPSA) is 22.1 Å². The highest BCUT2D eigenvalue weighted by Gasteiger charge is 2.07. The minimum Gasteiger partial charge on any atom is -0.384 e. The summed E-state index contributed by atoms with van der Waals surface area (Å²) in [6, 6.07) is 8.07. The molecular weight excluding hydrogens is 257 g/mol. The van der Waals surface area contributed by atoms with Gasteiger partial charge in [0.05, 0.1) is 18.0 Å². The number of alkyl halides is 1. The van der Waals surface area contributed by atoms with Crippen LogP contribution in [0.1, 0.15) is 11.1 Å². The number of nitrogens with zero attached hydrogens (tertiary/aromatic N) is 1. The molecule has 0 atom stereocenters. The summed E-state index contributed by atoms with van der Waals surface area (Å²) in [5.74, 6) is 0.379. The van der Waals surface area contributed by atoms with Crippen LogP contribution in [0.3, 0.4) is 0 Å². The van der Waals surface area contributed by atoms with E-state index in [9.17, 15) is 0 Å². The van der Waals surface area contributed by atoms with Crippen LogP contribution < -0.4 is 0 Å². The van der Waals surface area contributed by atoms with Crippen LogP contribution in [0.25, 0.3) is 10.9 Å². The van der Waals surface area contributed by atoms with Gasteiger partial charge in [-0.15, -0.1) is 11.6 Å². The summed E-state index contributed by atoms with van der Waals surface area (Å²) in [6.45, 7) is 0.676. The summed E-state index contributed by atoms with van der Waals surface area (Å²) in [4.78, 5) is 4.42. The van der Waals surface area contributed by atoms with Gasteiger partial charge in [-0.2, -0.15) is 0 Å². The van der Waals surface area contributed by atoms with Crippen molar-refractivity contribution >= 4 is 34.1 Å². The molecule has 0 fully saturated rings. The minimum absolute atomic E-state index is 0.379. The van der Waals surface area contributed by atoms with E-state index in [1.54, 1.807) is 7.11 Å². The molecule has 0 aliphatic heterocycles. The van der Waals surface area contributed by atoms with Crippen molar-refractivity contribution in [2.45, 2.75) is 12.3 Å². The second-order valence-electron chi connectivity index (χ2n) is 3.80. The lowest BCUT2D eigenvalue weighted by molar-refractivity contribution is 0.202. The van der Waals surface area contributed by atoms with Crippen molar-refractivity contribution in [2.24, 2.45) is 0 Å². The van der Waals surface area contributed by atoms with Crippen LogP contribution in [0.5, 0.6) is 0 Å². The molecule has 0 radical (unpaired) electrons. The molecule has 1 heterocycles. The van der Waals surface area contributed by atoms with E-state index >= 15 is 0 Å². The molecule has 4 heteroatoms. The first-order valence-corrected chi connectivity index (χ1v) is 6.29. The maximum absolute atomic E-state index is 6.08. The molecule has 0 spiro atoms. The lowest BCUT2D eigenvalue weighted by Gasteiger charge is -2.08. The molecule has 0 aliphatic rings. The Kier molecular flexibility index (Phi) is 4.21. The third kappa shape index (κ3) is 2.71. The largest absolute Gasteiger partial charge is 0.384 e. The Morgan fingerprint density at radius 3 is 2.82 bits per heavy atom. The van der Waals surface area contributed by atoms with E-state index in [-0.39, 0.29) is 0 Å². The number of methoxy groups -OCH3 is 1. The predicted molar refractivity (Wildman–Crippen MR) is 71.9 cm³/mol. The van der Waals surface area contributed by atoms with Gasteiger partial charge in [0.25, 0.3) is 0 Å². The molecule has 1 aromatic carbocycles. The zero-order valence-corrected chi connectivity index (χ0v) is 11.1. The monoisotopic (exact) mass is 269 g/mol. The smallest absolute Gasteiger partial charge is 0.134 e. The van der Waals surface area contributed by atoms with E-state index in [4.69, 9.17) is 27.9 Å². The van der Waals surface area contributed by atoms with Crippen molar-refractivity contribution in [3.8, 4) is 0 Å². The molecular formula is C13H13Cl2NO. The van der Waals surface area contributed by atoms with E-state index < -0.39 is 0 Å².